The van der Waals surface area contributed by atoms with Crippen LogP contribution in [0.2, 0.25) is 5.02 Å². The molecule has 23 heavy (non-hydrogen) atoms. The van der Waals surface area contributed by atoms with Gasteiger partial charge in [-0.3, -0.25) is 0 Å². The highest BCUT2D eigenvalue weighted by Gasteiger charge is 2.21. The number of hydrogen-bond acceptors (Lipinski definition) is 2. The van der Waals surface area contributed by atoms with Crippen LogP contribution >= 0.6 is 23.2 Å². The average Bonchev–Trinajstić information content (AvgIpc) is 2.93. The summed E-state index contributed by atoms with van der Waals surface area (Å²) in [5, 5.41) is 0.620. The van der Waals surface area contributed by atoms with Gasteiger partial charge in [-0.1, -0.05) is 54.1 Å². The van der Waals surface area contributed by atoms with Crippen molar-refractivity contribution >= 4 is 23.2 Å². The monoisotopic (exact) mass is 346 g/mol. The van der Waals surface area contributed by atoms with Crippen molar-refractivity contribution in [3.63, 3.8) is 0 Å². The van der Waals surface area contributed by atoms with Crippen LogP contribution in [0.4, 0.5) is 0 Å². The summed E-state index contributed by atoms with van der Waals surface area (Å²) in [7, 11) is 1.64. The molecule has 3 aromatic rings. The summed E-state index contributed by atoms with van der Waals surface area (Å²) in [6.45, 7) is 0. The molecule has 0 bridgehead atoms. The minimum atomic E-state index is 0.477. The molecule has 2 aromatic carbocycles. The lowest BCUT2D eigenvalue weighted by Crippen LogP contribution is -1.89. The predicted molar refractivity (Wildman–Crippen MR) is 95.6 cm³/mol. The predicted octanol–water partition coefficient (Wildman–Crippen LogP) is 6.06. The first-order valence-electron chi connectivity index (χ1n) is 7.31. The fourth-order valence-corrected chi connectivity index (χ4v) is 3.05. The molecule has 4 heteroatoms. The molecular formula is C19H16Cl2O2. The second-order valence-corrected chi connectivity index (χ2v) is 5.85. The number of hydrogen-bond donors (Lipinski definition) is 0. The summed E-state index contributed by atoms with van der Waals surface area (Å²) in [4.78, 5) is 0. The van der Waals surface area contributed by atoms with E-state index in [-0.39, 0.29) is 0 Å². The fourth-order valence-electron chi connectivity index (χ4n) is 2.54. The van der Waals surface area contributed by atoms with Crippen LogP contribution in [0, 0.1) is 0 Å². The van der Waals surface area contributed by atoms with Gasteiger partial charge in [0.25, 0.3) is 0 Å². The average molecular weight is 347 g/mol. The summed E-state index contributed by atoms with van der Waals surface area (Å²) < 4.78 is 11.4. The zero-order valence-electron chi connectivity index (χ0n) is 12.7. The van der Waals surface area contributed by atoms with Gasteiger partial charge in [0.1, 0.15) is 11.5 Å². The van der Waals surface area contributed by atoms with Gasteiger partial charge in [-0.2, -0.15) is 0 Å². The summed E-state index contributed by atoms with van der Waals surface area (Å²) in [6, 6.07) is 17.6. The van der Waals surface area contributed by atoms with E-state index in [2.05, 4.69) is 0 Å². The van der Waals surface area contributed by atoms with E-state index < -0.39 is 0 Å². The highest BCUT2D eigenvalue weighted by atomic mass is 35.5. The largest absolute Gasteiger partial charge is 0.497 e. The van der Waals surface area contributed by atoms with Crippen molar-refractivity contribution in [2.24, 2.45) is 0 Å². The van der Waals surface area contributed by atoms with Crippen LogP contribution in [0.3, 0.4) is 0 Å². The summed E-state index contributed by atoms with van der Waals surface area (Å²) >= 11 is 12.5. The van der Waals surface area contributed by atoms with Gasteiger partial charge in [0.2, 0.25) is 0 Å². The number of methoxy groups -OCH3 is 1. The molecule has 0 unspecified atom stereocenters. The Bertz CT molecular complexity index is 794. The van der Waals surface area contributed by atoms with Crippen molar-refractivity contribution in [1.29, 1.82) is 0 Å². The van der Waals surface area contributed by atoms with Crippen LogP contribution in [0.25, 0.3) is 22.6 Å². The first-order valence-corrected chi connectivity index (χ1v) is 8.22. The molecule has 0 saturated heterocycles. The zero-order chi connectivity index (χ0) is 16.2. The maximum atomic E-state index is 6.58. The van der Waals surface area contributed by atoms with Crippen LogP contribution < -0.4 is 4.74 Å². The Morgan fingerprint density at radius 2 is 1.70 bits per heavy atom. The molecule has 0 aliphatic heterocycles. The Balaban J connectivity index is 2.16. The van der Waals surface area contributed by atoms with Crippen LogP contribution in [-0.2, 0) is 6.42 Å². The molecule has 0 saturated carbocycles. The van der Waals surface area contributed by atoms with Crippen LogP contribution in [-0.4, -0.2) is 13.0 Å². The van der Waals surface area contributed by atoms with Crippen molar-refractivity contribution in [1.82, 2.24) is 0 Å². The second kappa shape index (κ2) is 7.12. The van der Waals surface area contributed by atoms with E-state index in [0.29, 0.717) is 23.1 Å². The Hall–Kier alpha value is -1.90. The van der Waals surface area contributed by atoms with Gasteiger partial charge in [0.05, 0.1) is 12.1 Å². The van der Waals surface area contributed by atoms with E-state index in [4.69, 9.17) is 32.4 Å². The van der Waals surface area contributed by atoms with Crippen LogP contribution in [0.5, 0.6) is 5.75 Å². The number of alkyl halides is 1. The molecule has 0 spiro atoms. The van der Waals surface area contributed by atoms with E-state index in [1.807, 2.05) is 54.6 Å². The van der Waals surface area contributed by atoms with Crippen molar-refractivity contribution in [2.75, 3.05) is 13.0 Å². The Labute approximate surface area is 145 Å². The normalized spacial score (nSPS) is 10.7. The molecule has 2 nitrogen and oxygen atoms in total. The zero-order valence-corrected chi connectivity index (χ0v) is 14.2. The van der Waals surface area contributed by atoms with Gasteiger partial charge < -0.3 is 9.15 Å². The second-order valence-electron chi connectivity index (χ2n) is 5.09. The summed E-state index contributed by atoms with van der Waals surface area (Å²) in [5.41, 5.74) is 2.80. The molecule has 1 heterocycles. The summed E-state index contributed by atoms with van der Waals surface area (Å²) in [6.07, 6.45) is 0.642. The lowest BCUT2D eigenvalue weighted by molar-refractivity contribution is 0.415. The van der Waals surface area contributed by atoms with Crippen molar-refractivity contribution < 1.29 is 9.15 Å². The fraction of sp³-hybridized carbons (Fsp3) is 0.158. The lowest BCUT2D eigenvalue weighted by Gasteiger charge is -2.04. The molecule has 0 aliphatic carbocycles. The number of benzene rings is 2. The molecule has 3 rings (SSSR count). The Morgan fingerprint density at radius 3 is 2.39 bits per heavy atom. The molecule has 0 atom stereocenters. The molecule has 118 valence electrons. The summed E-state index contributed by atoms with van der Waals surface area (Å²) in [5.74, 6) is 2.66. The van der Waals surface area contributed by atoms with Gasteiger partial charge >= 0.3 is 0 Å². The standard InChI is InChI=1S/C19H16Cl2O2/c1-22-15-9-5-8-14(12-15)18-16(10-11-20)17(21)19(23-18)13-6-3-2-4-7-13/h2-9,12H,10-11H2,1H3. The molecule has 0 fully saturated rings. The minimum absolute atomic E-state index is 0.477. The van der Waals surface area contributed by atoms with E-state index in [9.17, 15) is 0 Å². The maximum absolute atomic E-state index is 6.58. The highest BCUT2D eigenvalue weighted by Crippen LogP contribution is 2.41. The highest BCUT2D eigenvalue weighted by molar-refractivity contribution is 6.34. The van der Waals surface area contributed by atoms with Gasteiger partial charge in [-0.25, -0.2) is 0 Å². The quantitative estimate of drug-likeness (QED) is 0.524. The number of ether oxygens (including phenoxy) is 1. The first-order chi connectivity index (χ1) is 11.2. The third kappa shape index (κ3) is 3.24. The Kier molecular flexibility index (Phi) is 4.94. The molecule has 0 N–H and O–H groups in total. The number of furan rings is 1. The third-order valence-corrected chi connectivity index (χ3v) is 4.24. The van der Waals surface area contributed by atoms with Crippen LogP contribution in [0.15, 0.2) is 59.0 Å². The number of rotatable bonds is 5. The van der Waals surface area contributed by atoms with Crippen molar-refractivity contribution in [3.05, 3.63) is 65.2 Å². The van der Waals surface area contributed by atoms with Crippen molar-refractivity contribution in [3.8, 4) is 28.4 Å². The van der Waals surface area contributed by atoms with Gasteiger partial charge in [0.15, 0.2) is 5.76 Å². The molecular weight excluding hydrogens is 331 g/mol. The SMILES string of the molecule is COc1cccc(-c2oc(-c3ccccc3)c(Cl)c2CCCl)c1. The van der Waals surface area contributed by atoms with E-state index in [0.717, 1.165) is 28.2 Å². The third-order valence-electron chi connectivity index (χ3n) is 3.65. The smallest absolute Gasteiger partial charge is 0.153 e. The van der Waals surface area contributed by atoms with E-state index >= 15 is 0 Å². The minimum Gasteiger partial charge on any atom is -0.497 e. The molecule has 0 aliphatic rings. The van der Waals surface area contributed by atoms with E-state index in [1.165, 1.54) is 0 Å². The van der Waals surface area contributed by atoms with E-state index in [1.54, 1.807) is 7.11 Å². The topological polar surface area (TPSA) is 22.4 Å². The molecule has 0 radical (unpaired) electrons. The van der Waals surface area contributed by atoms with Gasteiger partial charge in [0, 0.05) is 22.6 Å². The lowest BCUT2D eigenvalue weighted by atomic mass is 10.1. The van der Waals surface area contributed by atoms with Gasteiger partial charge in [-0.15, -0.1) is 11.6 Å². The van der Waals surface area contributed by atoms with Crippen LogP contribution in [0.1, 0.15) is 5.56 Å². The number of halogens is 2. The first kappa shape index (κ1) is 16.0. The molecule has 0 amide bonds. The van der Waals surface area contributed by atoms with Crippen molar-refractivity contribution in [2.45, 2.75) is 6.42 Å². The maximum Gasteiger partial charge on any atom is 0.153 e. The molecule has 1 aromatic heterocycles. The van der Waals surface area contributed by atoms with Gasteiger partial charge in [-0.05, 0) is 18.6 Å². The Morgan fingerprint density at radius 1 is 0.957 bits per heavy atom.